The summed E-state index contributed by atoms with van der Waals surface area (Å²) in [5.41, 5.74) is 2.58. The lowest BCUT2D eigenvalue weighted by molar-refractivity contribution is -0.137. The molecule has 0 aliphatic carbocycles. The lowest BCUT2D eigenvalue weighted by Gasteiger charge is -2.39. The number of piperidine rings is 1. The number of aryl methyl sites for hydroxylation is 1. The van der Waals surface area contributed by atoms with Gasteiger partial charge in [0.2, 0.25) is 5.91 Å². The van der Waals surface area contributed by atoms with Crippen LogP contribution >= 0.6 is 0 Å². The smallest absolute Gasteiger partial charge is 0.225 e. The van der Waals surface area contributed by atoms with Gasteiger partial charge in [0.25, 0.3) is 0 Å². The SMILES string of the molecule is Cc1cccc(N2CCN(C(=O)C3CCN(C)CC3)CC2)c1. The van der Waals surface area contributed by atoms with Crippen molar-refractivity contribution in [2.75, 3.05) is 51.2 Å². The molecule has 1 aromatic carbocycles. The van der Waals surface area contributed by atoms with Gasteiger partial charge in [-0.3, -0.25) is 4.79 Å². The van der Waals surface area contributed by atoms with Crippen LogP contribution in [0.2, 0.25) is 0 Å². The predicted molar refractivity (Wildman–Crippen MR) is 90.2 cm³/mol. The van der Waals surface area contributed by atoms with Crippen LogP contribution in [0.3, 0.4) is 0 Å². The summed E-state index contributed by atoms with van der Waals surface area (Å²) in [5, 5.41) is 0. The largest absolute Gasteiger partial charge is 0.368 e. The summed E-state index contributed by atoms with van der Waals surface area (Å²) < 4.78 is 0. The number of rotatable bonds is 2. The van der Waals surface area contributed by atoms with Gasteiger partial charge < -0.3 is 14.7 Å². The molecule has 1 amide bonds. The summed E-state index contributed by atoms with van der Waals surface area (Å²) in [6.07, 6.45) is 2.04. The number of anilines is 1. The summed E-state index contributed by atoms with van der Waals surface area (Å²) in [6, 6.07) is 8.64. The Morgan fingerprint density at radius 2 is 1.73 bits per heavy atom. The minimum absolute atomic E-state index is 0.252. The lowest BCUT2D eigenvalue weighted by atomic mass is 9.95. The molecule has 0 unspecified atom stereocenters. The van der Waals surface area contributed by atoms with Crippen molar-refractivity contribution in [3.63, 3.8) is 0 Å². The molecule has 0 radical (unpaired) electrons. The number of piperazine rings is 1. The topological polar surface area (TPSA) is 26.8 Å². The standard InChI is InChI=1S/C18H27N3O/c1-15-4-3-5-17(14-15)20-10-12-21(13-11-20)18(22)16-6-8-19(2)9-7-16/h3-5,14,16H,6-13H2,1-2H3. The first-order valence-electron chi connectivity index (χ1n) is 8.42. The minimum atomic E-state index is 0.252. The van der Waals surface area contributed by atoms with Gasteiger partial charge in [-0.2, -0.15) is 0 Å². The Bertz CT molecular complexity index is 515. The number of likely N-dealkylation sites (tertiary alicyclic amines) is 1. The van der Waals surface area contributed by atoms with Crippen molar-refractivity contribution in [2.45, 2.75) is 19.8 Å². The molecule has 0 N–H and O–H groups in total. The van der Waals surface area contributed by atoms with E-state index in [0.717, 1.165) is 52.1 Å². The van der Waals surface area contributed by atoms with E-state index >= 15 is 0 Å². The van der Waals surface area contributed by atoms with Gasteiger partial charge in [0, 0.05) is 37.8 Å². The molecule has 0 atom stereocenters. The third-order valence-corrected chi connectivity index (χ3v) is 5.03. The average Bonchev–Trinajstić information content (AvgIpc) is 2.55. The van der Waals surface area contributed by atoms with Gasteiger partial charge in [0.1, 0.15) is 0 Å². The first-order valence-corrected chi connectivity index (χ1v) is 8.42. The molecule has 2 aliphatic rings. The maximum absolute atomic E-state index is 12.6. The van der Waals surface area contributed by atoms with Gasteiger partial charge in [-0.1, -0.05) is 12.1 Å². The summed E-state index contributed by atoms with van der Waals surface area (Å²) in [7, 11) is 2.14. The van der Waals surface area contributed by atoms with Crippen LogP contribution in [0.25, 0.3) is 0 Å². The molecule has 0 spiro atoms. The summed E-state index contributed by atoms with van der Waals surface area (Å²) >= 11 is 0. The molecule has 2 aliphatic heterocycles. The third-order valence-electron chi connectivity index (χ3n) is 5.03. The van der Waals surface area contributed by atoms with Gasteiger partial charge in [0.05, 0.1) is 0 Å². The van der Waals surface area contributed by atoms with Crippen molar-refractivity contribution in [2.24, 2.45) is 5.92 Å². The second kappa shape index (κ2) is 6.69. The van der Waals surface area contributed by atoms with Crippen LogP contribution in [0, 0.1) is 12.8 Å². The number of carbonyl (C=O) groups is 1. The van der Waals surface area contributed by atoms with E-state index in [1.54, 1.807) is 0 Å². The number of benzene rings is 1. The molecular weight excluding hydrogens is 274 g/mol. The maximum atomic E-state index is 12.6. The van der Waals surface area contributed by atoms with E-state index in [0.29, 0.717) is 5.91 Å². The molecule has 22 heavy (non-hydrogen) atoms. The summed E-state index contributed by atoms with van der Waals surface area (Å²) in [5.74, 6) is 0.638. The molecule has 0 bridgehead atoms. The summed E-state index contributed by atoms with van der Waals surface area (Å²) in [6.45, 7) is 7.85. The Labute approximate surface area is 133 Å². The van der Waals surface area contributed by atoms with Crippen LogP contribution in [-0.4, -0.2) is 62.0 Å². The zero-order chi connectivity index (χ0) is 15.5. The number of carbonyl (C=O) groups excluding carboxylic acids is 1. The fourth-order valence-corrected chi connectivity index (χ4v) is 3.52. The lowest BCUT2D eigenvalue weighted by Crippen LogP contribution is -2.51. The Morgan fingerprint density at radius 3 is 2.36 bits per heavy atom. The van der Waals surface area contributed by atoms with Crippen molar-refractivity contribution < 1.29 is 4.79 Å². The van der Waals surface area contributed by atoms with E-state index in [2.05, 4.69) is 52.9 Å². The van der Waals surface area contributed by atoms with Gasteiger partial charge in [0.15, 0.2) is 0 Å². The molecule has 2 saturated heterocycles. The monoisotopic (exact) mass is 301 g/mol. The molecule has 4 heteroatoms. The Kier molecular flexibility index (Phi) is 4.67. The molecule has 0 saturated carbocycles. The van der Waals surface area contributed by atoms with Crippen LogP contribution < -0.4 is 4.90 Å². The van der Waals surface area contributed by atoms with Gasteiger partial charge in [-0.25, -0.2) is 0 Å². The number of hydrogen-bond donors (Lipinski definition) is 0. The fourth-order valence-electron chi connectivity index (χ4n) is 3.52. The van der Waals surface area contributed by atoms with E-state index in [-0.39, 0.29) is 5.92 Å². The minimum Gasteiger partial charge on any atom is -0.368 e. The van der Waals surface area contributed by atoms with Crippen molar-refractivity contribution in [1.29, 1.82) is 0 Å². The zero-order valence-corrected chi connectivity index (χ0v) is 13.8. The van der Waals surface area contributed by atoms with Gasteiger partial charge in [-0.05, 0) is 57.6 Å². The highest BCUT2D eigenvalue weighted by molar-refractivity contribution is 5.79. The first-order chi connectivity index (χ1) is 10.6. The molecule has 3 rings (SSSR count). The highest BCUT2D eigenvalue weighted by Gasteiger charge is 2.29. The van der Waals surface area contributed by atoms with E-state index in [9.17, 15) is 4.79 Å². The molecular formula is C18H27N3O. The number of amides is 1. The van der Waals surface area contributed by atoms with Crippen molar-refractivity contribution in [1.82, 2.24) is 9.80 Å². The highest BCUT2D eigenvalue weighted by atomic mass is 16.2. The van der Waals surface area contributed by atoms with E-state index in [4.69, 9.17) is 0 Å². The van der Waals surface area contributed by atoms with Gasteiger partial charge in [-0.15, -0.1) is 0 Å². The van der Waals surface area contributed by atoms with E-state index in [1.807, 2.05) is 0 Å². The van der Waals surface area contributed by atoms with Crippen molar-refractivity contribution >= 4 is 11.6 Å². The second-order valence-corrected chi connectivity index (χ2v) is 6.73. The van der Waals surface area contributed by atoms with E-state index in [1.165, 1.54) is 11.3 Å². The maximum Gasteiger partial charge on any atom is 0.225 e. The average molecular weight is 301 g/mol. The van der Waals surface area contributed by atoms with Crippen LogP contribution in [0.5, 0.6) is 0 Å². The highest BCUT2D eigenvalue weighted by Crippen LogP contribution is 2.22. The van der Waals surface area contributed by atoms with E-state index < -0.39 is 0 Å². The van der Waals surface area contributed by atoms with Crippen molar-refractivity contribution in [3.8, 4) is 0 Å². The van der Waals surface area contributed by atoms with Crippen molar-refractivity contribution in [3.05, 3.63) is 29.8 Å². The second-order valence-electron chi connectivity index (χ2n) is 6.73. The zero-order valence-electron chi connectivity index (χ0n) is 13.8. The third kappa shape index (κ3) is 3.43. The Hall–Kier alpha value is -1.55. The van der Waals surface area contributed by atoms with Crippen LogP contribution in [-0.2, 0) is 4.79 Å². The molecule has 2 heterocycles. The van der Waals surface area contributed by atoms with Gasteiger partial charge >= 0.3 is 0 Å². The van der Waals surface area contributed by atoms with Crippen LogP contribution in [0.4, 0.5) is 5.69 Å². The fraction of sp³-hybridized carbons (Fsp3) is 0.611. The molecule has 2 fully saturated rings. The van der Waals surface area contributed by atoms with Crippen LogP contribution in [0.1, 0.15) is 18.4 Å². The predicted octanol–water partition coefficient (Wildman–Crippen LogP) is 1.99. The Morgan fingerprint density at radius 1 is 1.05 bits per heavy atom. The molecule has 0 aromatic heterocycles. The Balaban J connectivity index is 1.54. The molecule has 1 aromatic rings. The summed E-state index contributed by atoms with van der Waals surface area (Å²) in [4.78, 5) is 19.4. The quantitative estimate of drug-likeness (QED) is 0.836. The number of nitrogens with zero attached hydrogens (tertiary/aromatic N) is 3. The molecule has 120 valence electrons. The molecule has 4 nitrogen and oxygen atoms in total. The first kappa shape index (κ1) is 15.3. The number of hydrogen-bond acceptors (Lipinski definition) is 3. The van der Waals surface area contributed by atoms with Crippen LogP contribution in [0.15, 0.2) is 24.3 Å². The normalized spacial score (nSPS) is 21.2.